The summed E-state index contributed by atoms with van der Waals surface area (Å²) in [5.74, 6) is 1.50. The van der Waals surface area contributed by atoms with E-state index in [0.717, 1.165) is 19.0 Å². The molecule has 20 heavy (non-hydrogen) atoms. The topological polar surface area (TPSA) is 48.9 Å². The van der Waals surface area contributed by atoms with Crippen LogP contribution in [0.1, 0.15) is 26.2 Å². The van der Waals surface area contributed by atoms with Crippen molar-refractivity contribution in [2.45, 2.75) is 26.2 Å². The fourth-order valence-electron chi connectivity index (χ4n) is 2.41. The zero-order valence-electron chi connectivity index (χ0n) is 13.2. The number of guanidine groups is 1. The number of hydrogen-bond donors (Lipinski definition) is 2. The van der Waals surface area contributed by atoms with Gasteiger partial charge in [-0.1, -0.05) is 13.3 Å². The van der Waals surface area contributed by atoms with Crippen molar-refractivity contribution in [2.24, 2.45) is 10.9 Å². The van der Waals surface area contributed by atoms with Crippen molar-refractivity contribution in [1.29, 1.82) is 0 Å². The van der Waals surface area contributed by atoms with Crippen LogP contribution in [0.3, 0.4) is 0 Å². The Morgan fingerprint density at radius 1 is 1.25 bits per heavy atom. The van der Waals surface area contributed by atoms with Gasteiger partial charge in [0.05, 0.1) is 6.61 Å². The van der Waals surface area contributed by atoms with Gasteiger partial charge in [-0.3, -0.25) is 4.99 Å². The SMILES string of the molecule is CN=C(NCCOC)NCC(C)CN1CCCCC1.I. The van der Waals surface area contributed by atoms with Crippen LogP contribution in [0.5, 0.6) is 0 Å². The predicted octanol–water partition coefficient (Wildman–Crippen LogP) is 1.54. The number of hydrogen-bond acceptors (Lipinski definition) is 3. The summed E-state index contributed by atoms with van der Waals surface area (Å²) in [6, 6.07) is 0. The second kappa shape index (κ2) is 12.6. The third-order valence-corrected chi connectivity index (χ3v) is 3.46. The smallest absolute Gasteiger partial charge is 0.191 e. The lowest BCUT2D eigenvalue weighted by atomic mass is 10.1. The number of aliphatic imine (C=N–C) groups is 1. The molecule has 0 aromatic heterocycles. The molecule has 2 N–H and O–H groups in total. The summed E-state index contributed by atoms with van der Waals surface area (Å²) >= 11 is 0. The molecule has 1 atom stereocenters. The Morgan fingerprint density at radius 3 is 2.55 bits per heavy atom. The Labute approximate surface area is 140 Å². The molecular formula is C14H31IN4O. The van der Waals surface area contributed by atoms with Gasteiger partial charge in [-0.05, 0) is 31.8 Å². The van der Waals surface area contributed by atoms with E-state index in [1.165, 1.54) is 38.9 Å². The maximum absolute atomic E-state index is 5.01. The van der Waals surface area contributed by atoms with Crippen molar-refractivity contribution >= 4 is 29.9 Å². The summed E-state index contributed by atoms with van der Waals surface area (Å²) in [6.07, 6.45) is 4.12. The van der Waals surface area contributed by atoms with Gasteiger partial charge in [-0.15, -0.1) is 24.0 Å². The molecule has 0 aromatic rings. The van der Waals surface area contributed by atoms with Crippen molar-refractivity contribution in [3.63, 3.8) is 0 Å². The van der Waals surface area contributed by atoms with E-state index in [1.807, 2.05) is 0 Å². The van der Waals surface area contributed by atoms with Crippen LogP contribution in [-0.4, -0.2) is 64.3 Å². The first-order chi connectivity index (χ1) is 9.26. The van der Waals surface area contributed by atoms with Gasteiger partial charge in [-0.2, -0.15) is 0 Å². The normalized spacial score (nSPS) is 18.2. The minimum atomic E-state index is 0. The van der Waals surface area contributed by atoms with Gasteiger partial charge in [0.15, 0.2) is 5.96 Å². The molecule has 0 spiro atoms. The molecule has 0 amide bonds. The molecule has 120 valence electrons. The number of ether oxygens (including phenoxy) is 1. The zero-order chi connectivity index (χ0) is 13.9. The number of halogens is 1. The number of likely N-dealkylation sites (tertiary alicyclic amines) is 1. The summed E-state index contributed by atoms with van der Waals surface area (Å²) in [5, 5.41) is 6.60. The quantitative estimate of drug-likeness (QED) is 0.296. The summed E-state index contributed by atoms with van der Waals surface area (Å²) in [4.78, 5) is 6.78. The van der Waals surface area contributed by atoms with Crippen molar-refractivity contribution in [3.05, 3.63) is 0 Å². The van der Waals surface area contributed by atoms with E-state index in [0.29, 0.717) is 12.5 Å². The van der Waals surface area contributed by atoms with Crippen LogP contribution >= 0.6 is 24.0 Å². The number of nitrogens with zero attached hydrogens (tertiary/aromatic N) is 2. The maximum Gasteiger partial charge on any atom is 0.191 e. The average molecular weight is 398 g/mol. The van der Waals surface area contributed by atoms with Gasteiger partial charge >= 0.3 is 0 Å². The van der Waals surface area contributed by atoms with Crippen LogP contribution in [0, 0.1) is 5.92 Å². The first kappa shape index (κ1) is 19.9. The molecule has 5 nitrogen and oxygen atoms in total. The summed E-state index contributed by atoms with van der Waals surface area (Å²) in [5.41, 5.74) is 0. The molecule has 0 bridgehead atoms. The molecule has 0 aromatic carbocycles. The Hall–Kier alpha value is -0.0800. The van der Waals surface area contributed by atoms with E-state index in [9.17, 15) is 0 Å². The molecule has 1 fully saturated rings. The summed E-state index contributed by atoms with van der Waals surface area (Å²) in [7, 11) is 3.51. The molecule has 1 aliphatic rings. The second-order valence-corrected chi connectivity index (χ2v) is 5.34. The standard InChI is InChI=1S/C14H30N4O.HI/c1-13(12-18-8-5-4-6-9-18)11-17-14(15-2)16-7-10-19-3;/h13H,4-12H2,1-3H3,(H2,15,16,17);1H. The van der Waals surface area contributed by atoms with E-state index in [1.54, 1.807) is 14.2 Å². The first-order valence-electron chi connectivity index (χ1n) is 7.42. The lowest BCUT2D eigenvalue weighted by Crippen LogP contribution is -2.43. The highest BCUT2D eigenvalue weighted by Crippen LogP contribution is 2.10. The third-order valence-electron chi connectivity index (χ3n) is 3.46. The number of nitrogens with one attached hydrogen (secondary N) is 2. The molecule has 1 unspecified atom stereocenters. The summed E-state index contributed by atoms with van der Waals surface area (Å²) in [6.45, 7) is 8.46. The Morgan fingerprint density at radius 2 is 1.95 bits per heavy atom. The van der Waals surface area contributed by atoms with Crippen LogP contribution in [0.4, 0.5) is 0 Å². The Bertz CT molecular complexity index is 258. The highest BCUT2D eigenvalue weighted by Gasteiger charge is 2.13. The molecule has 1 heterocycles. The molecule has 0 radical (unpaired) electrons. The van der Waals surface area contributed by atoms with Crippen molar-refractivity contribution < 1.29 is 4.74 Å². The molecule has 1 saturated heterocycles. The minimum absolute atomic E-state index is 0. The Kier molecular flexibility index (Phi) is 12.6. The average Bonchev–Trinajstić information content (AvgIpc) is 2.44. The van der Waals surface area contributed by atoms with Crippen molar-refractivity contribution in [1.82, 2.24) is 15.5 Å². The second-order valence-electron chi connectivity index (χ2n) is 5.34. The molecule has 0 aliphatic carbocycles. The van der Waals surface area contributed by atoms with E-state index in [2.05, 4.69) is 27.4 Å². The molecule has 1 rings (SSSR count). The van der Waals surface area contributed by atoms with Crippen LogP contribution in [0.25, 0.3) is 0 Å². The largest absolute Gasteiger partial charge is 0.383 e. The van der Waals surface area contributed by atoms with Gasteiger partial charge < -0.3 is 20.3 Å². The first-order valence-corrected chi connectivity index (χ1v) is 7.42. The van der Waals surface area contributed by atoms with Gasteiger partial charge in [-0.25, -0.2) is 0 Å². The van der Waals surface area contributed by atoms with Crippen LogP contribution in [-0.2, 0) is 4.74 Å². The highest BCUT2D eigenvalue weighted by atomic mass is 127. The highest BCUT2D eigenvalue weighted by molar-refractivity contribution is 14.0. The maximum atomic E-state index is 5.01. The number of methoxy groups -OCH3 is 1. The van der Waals surface area contributed by atoms with E-state index < -0.39 is 0 Å². The minimum Gasteiger partial charge on any atom is -0.383 e. The van der Waals surface area contributed by atoms with Crippen LogP contribution < -0.4 is 10.6 Å². The summed E-state index contributed by atoms with van der Waals surface area (Å²) < 4.78 is 5.01. The number of rotatable bonds is 7. The number of piperidine rings is 1. The fourth-order valence-corrected chi connectivity index (χ4v) is 2.41. The molecule has 1 aliphatic heterocycles. The van der Waals surface area contributed by atoms with E-state index in [4.69, 9.17) is 4.74 Å². The zero-order valence-corrected chi connectivity index (χ0v) is 15.5. The van der Waals surface area contributed by atoms with E-state index >= 15 is 0 Å². The molecule has 0 saturated carbocycles. The molecular weight excluding hydrogens is 367 g/mol. The van der Waals surface area contributed by atoms with Crippen molar-refractivity contribution in [2.75, 3.05) is 53.5 Å². The molecule has 6 heteroatoms. The predicted molar refractivity (Wildman–Crippen MR) is 96.1 cm³/mol. The van der Waals surface area contributed by atoms with Gasteiger partial charge in [0.2, 0.25) is 0 Å². The third kappa shape index (κ3) is 8.97. The van der Waals surface area contributed by atoms with Gasteiger partial charge in [0.25, 0.3) is 0 Å². The van der Waals surface area contributed by atoms with Crippen LogP contribution in [0.2, 0.25) is 0 Å². The lowest BCUT2D eigenvalue weighted by molar-refractivity contribution is 0.200. The monoisotopic (exact) mass is 398 g/mol. The Balaban J connectivity index is 0.00000361. The van der Waals surface area contributed by atoms with Crippen molar-refractivity contribution in [3.8, 4) is 0 Å². The van der Waals surface area contributed by atoms with Crippen LogP contribution in [0.15, 0.2) is 4.99 Å². The van der Waals surface area contributed by atoms with E-state index in [-0.39, 0.29) is 24.0 Å². The van der Waals surface area contributed by atoms with Gasteiger partial charge in [0.1, 0.15) is 0 Å². The fraction of sp³-hybridized carbons (Fsp3) is 0.929. The van der Waals surface area contributed by atoms with Gasteiger partial charge in [0, 0.05) is 33.8 Å². The lowest BCUT2D eigenvalue weighted by Gasteiger charge is -2.29.